The van der Waals surface area contributed by atoms with Gasteiger partial charge >= 0.3 is 0 Å². The molecule has 1 fully saturated rings. The number of ether oxygens (including phenoxy) is 1. The van der Waals surface area contributed by atoms with E-state index in [4.69, 9.17) is 10.5 Å². The Hall–Kier alpha value is -0.520. The van der Waals surface area contributed by atoms with Crippen molar-refractivity contribution >= 4 is 0 Å². The average Bonchev–Trinajstić information content (AvgIpc) is 2.27. The van der Waals surface area contributed by atoms with Crippen LogP contribution < -0.4 is 5.73 Å². The highest BCUT2D eigenvalue weighted by Crippen LogP contribution is 2.36. The predicted octanol–water partition coefficient (Wildman–Crippen LogP) is 2.32. The van der Waals surface area contributed by atoms with Crippen molar-refractivity contribution in [1.29, 1.82) is 0 Å². The lowest BCUT2D eigenvalue weighted by Crippen LogP contribution is -2.51. The van der Waals surface area contributed by atoms with Crippen LogP contribution in [-0.2, 0) is 4.74 Å². The maximum atomic E-state index is 6.20. The highest BCUT2D eigenvalue weighted by atomic mass is 16.5. The molecule has 1 rings (SSSR count). The van der Waals surface area contributed by atoms with E-state index in [-0.39, 0.29) is 11.6 Å². The largest absolute Gasteiger partial charge is 0.377 e. The Labute approximate surface area is 93.6 Å². The first-order valence-electron chi connectivity index (χ1n) is 5.85. The van der Waals surface area contributed by atoms with Gasteiger partial charge in [-0.2, -0.15) is 0 Å². The van der Waals surface area contributed by atoms with Crippen molar-refractivity contribution in [3.05, 3.63) is 0 Å². The van der Waals surface area contributed by atoms with E-state index in [2.05, 4.69) is 18.8 Å². The van der Waals surface area contributed by atoms with Crippen LogP contribution in [0.25, 0.3) is 0 Å². The molecule has 86 valence electrons. The molecule has 1 aliphatic rings. The molecule has 0 aromatic heterocycles. The fraction of sp³-hybridized carbons (Fsp3) is 0.846. The molecule has 0 aromatic carbocycles. The van der Waals surface area contributed by atoms with E-state index in [1.807, 2.05) is 6.92 Å². The first-order chi connectivity index (χ1) is 7.14. The Morgan fingerprint density at radius 2 is 2.07 bits per heavy atom. The normalized spacial score (nSPS) is 32.9. The lowest BCUT2D eigenvalue weighted by molar-refractivity contribution is -0.0649. The average molecular weight is 209 g/mol. The molecule has 2 heteroatoms. The Balaban J connectivity index is 2.62. The fourth-order valence-electron chi connectivity index (χ4n) is 2.38. The molecule has 1 unspecified atom stereocenters. The zero-order chi connectivity index (χ0) is 11.3. The lowest BCUT2D eigenvalue weighted by atomic mass is 9.75. The predicted molar refractivity (Wildman–Crippen MR) is 63.4 cm³/mol. The topological polar surface area (TPSA) is 35.2 Å². The highest BCUT2D eigenvalue weighted by molar-refractivity contribution is 5.04. The number of rotatable bonds is 3. The molecule has 0 radical (unpaired) electrons. The summed E-state index contributed by atoms with van der Waals surface area (Å²) >= 11 is 0. The minimum Gasteiger partial charge on any atom is -0.377 e. The smallest absolute Gasteiger partial charge is 0.0838 e. The summed E-state index contributed by atoms with van der Waals surface area (Å²) in [5.74, 6) is 6.78. The van der Waals surface area contributed by atoms with Gasteiger partial charge in [-0.3, -0.25) is 0 Å². The van der Waals surface area contributed by atoms with Crippen LogP contribution in [0.3, 0.4) is 0 Å². The molecule has 0 aromatic rings. The van der Waals surface area contributed by atoms with E-state index in [1.54, 1.807) is 7.11 Å². The van der Waals surface area contributed by atoms with Gasteiger partial charge in [0.25, 0.3) is 0 Å². The van der Waals surface area contributed by atoms with E-state index >= 15 is 0 Å². The molecule has 0 heterocycles. The van der Waals surface area contributed by atoms with Crippen LogP contribution in [0.5, 0.6) is 0 Å². The third kappa shape index (κ3) is 2.96. The van der Waals surface area contributed by atoms with Crippen LogP contribution in [-0.4, -0.2) is 18.8 Å². The van der Waals surface area contributed by atoms with Crippen LogP contribution in [0, 0.1) is 17.8 Å². The van der Waals surface area contributed by atoms with Gasteiger partial charge in [-0.15, -0.1) is 11.8 Å². The molecule has 1 atom stereocenters. The van der Waals surface area contributed by atoms with Gasteiger partial charge in [0, 0.05) is 19.6 Å². The van der Waals surface area contributed by atoms with Crippen LogP contribution in [0.15, 0.2) is 0 Å². The molecule has 0 bridgehead atoms. The quantitative estimate of drug-likeness (QED) is 0.724. The summed E-state index contributed by atoms with van der Waals surface area (Å²) in [5, 5.41) is 0. The molecule has 0 spiro atoms. The van der Waals surface area contributed by atoms with Crippen molar-refractivity contribution in [3.8, 4) is 11.8 Å². The standard InChI is InChI=1S/C13H23NO/c1-4-5-6-12(14)13(15-3)9-7-11(2)8-10-13/h11-12H,6-10,14H2,1-3H3. The fourth-order valence-corrected chi connectivity index (χ4v) is 2.38. The second kappa shape index (κ2) is 5.53. The van der Waals surface area contributed by atoms with Gasteiger partial charge in [0.2, 0.25) is 0 Å². The second-order valence-corrected chi connectivity index (χ2v) is 4.69. The van der Waals surface area contributed by atoms with Gasteiger partial charge in [0.15, 0.2) is 0 Å². The Morgan fingerprint density at radius 1 is 1.47 bits per heavy atom. The van der Waals surface area contributed by atoms with Crippen LogP contribution in [0.4, 0.5) is 0 Å². The summed E-state index contributed by atoms with van der Waals surface area (Å²) in [7, 11) is 1.79. The molecule has 15 heavy (non-hydrogen) atoms. The summed E-state index contributed by atoms with van der Waals surface area (Å²) in [4.78, 5) is 0. The molecular weight excluding hydrogens is 186 g/mol. The summed E-state index contributed by atoms with van der Waals surface area (Å²) in [6.45, 7) is 4.16. The van der Waals surface area contributed by atoms with Gasteiger partial charge in [-0.1, -0.05) is 6.92 Å². The number of hydrogen-bond acceptors (Lipinski definition) is 2. The summed E-state index contributed by atoms with van der Waals surface area (Å²) in [6.07, 6.45) is 5.36. The number of methoxy groups -OCH3 is 1. The second-order valence-electron chi connectivity index (χ2n) is 4.69. The van der Waals surface area contributed by atoms with Crippen LogP contribution in [0.2, 0.25) is 0 Å². The van der Waals surface area contributed by atoms with Gasteiger partial charge in [0.05, 0.1) is 5.60 Å². The zero-order valence-corrected chi connectivity index (χ0v) is 10.2. The van der Waals surface area contributed by atoms with Crippen molar-refractivity contribution in [2.75, 3.05) is 7.11 Å². The molecule has 1 aliphatic carbocycles. The SMILES string of the molecule is CC#CCC(N)C1(OC)CCC(C)CC1. The van der Waals surface area contributed by atoms with Crippen LogP contribution in [0.1, 0.15) is 46.0 Å². The van der Waals surface area contributed by atoms with Gasteiger partial charge in [0.1, 0.15) is 0 Å². The molecule has 1 saturated carbocycles. The van der Waals surface area contributed by atoms with Gasteiger partial charge in [-0.25, -0.2) is 0 Å². The minimum absolute atomic E-state index is 0.0578. The molecule has 2 nitrogen and oxygen atoms in total. The summed E-state index contributed by atoms with van der Waals surface area (Å²) in [5.41, 5.74) is 6.08. The number of nitrogens with two attached hydrogens (primary N) is 1. The third-order valence-corrected chi connectivity index (χ3v) is 3.70. The third-order valence-electron chi connectivity index (χ3n) is 3.70. The maximum Gasteiger partial charge on any atom is 0.0838 e. The van der Waals surface area contributed by atoms with E-state index in [1.165, 1.54) is 12.8 Å². The van der Waals surface area contributed by atoms with E-state index < -0.39 is 0 Å². The Morgan fingerprint density at radius 3 is 2.53 bits per heavy atom. The monoisotopic (exact) mass is 209 g/mol. The zero-order valence-electron chi connectivity index (χ0n) is 10.2. The van der Waals surface area contributed by atoms with Gasteiger partial charge in [-0.05, 0) is 38.5 Å². The van der Waals surface area contributed by atoms with Gasteiger partial charge < -0.3 is 10.5 Å². The maximum absolute atomic E-state index is 6.20. The van der Waals surface area contributed by atoms with Crippen LogP contribution >= 0.6 is 0 Å². The first kappa shape index (κ1) is 12.5. The molecule has 2 N–H and O–H groups in total. The molecular formula is C13H23NO. The van der Waals surface area contributed by atoms with E-state index in [9.17, 15) is 0 Å². The van der Waals surface area contributed by atoms with Crippen molar-refractivity contribution < 1.29 is 4.74 Å². The molecule has 0 aliphatic heterocycles. The summed E-state index contributed by atoms with van der Waals surface area (Å²) in [6, 6.07) is 0.0578. The summed E-state index contributed by atoms with van der Waals surface area (Å²) < 4.78 is 5.69. The Kier molecular flexibility index (Phi) is 4.63. The first-order valence-corrected chi connectivity index (χ1v) is 5.85. The van der Waals surface area contributed by atoms with Crippen molar-refractivity contribution in [1.82, 2.24) is 0 Å². The Bertz CT molecular complexity index is 243. The molecule has 0 saturated heterocycles. The molecule has 0 amide bonds. The van der Waals surface area contributed by atoms with E-state index in [0.717, 1.165) is 25.2 Å². The minimum atomic E-state index is -0.115. The number of hydrogen-bond donors (Lipinski definition) is 1. The van der Waals surface area contributed by atoms with Crippen molar-refractivity contribution in [3.63, 3.8) is 0 Å². The lowest BCUT2D eigenvalue weighted by Gasteiger charge is -2.42. The highest BCUT2D eigenvalue weighted by Gasteiger charge is 2.39. The van der Waals surface area contributed by atoms with E-state index in [0.29, 0.717) is 0 Å². The van der Waals surface area contributed by atoms with Crippen molar-refractivity contribution in [2.24, 2.45) is 11.7 Å². The van der Waals surface area contributed by atoms with Crippen molar-refractivity contribution in [2.45, 2.75) is 57.6 Å².